The highest BCUT2D eigenvalue weighted by Gasteiger charge is 2.13. The average molecular weight is 304 g/mol. The van der Waals surface area contributed by atoms with Gasteiger partial charge < -0.3 is 10.6 Å². The number of carbonyl (C=O) groups is 1. The van der Waals surface area contributed by atoms with Crippen molar-refractivity contribution >= 4 is 23.4 Å². The summed E-state index contributed by atoms with van der Waals surface area (Å²) in [5.41, 5.74) is 3.07. The molecule has 0 bridgehead atoms. The largest absolute Gasteiger partial charge is 0.326 e. The zero-order valence-electron chi connectivity index (χ0n) is 12.7. The molecule has 0 aliphatic carbocycles. The van der Waals surface area contributed by atoms with E-state index in [4.69, 9.17) is 0 Å². The number of rotatable bonds is 5. The third-order valence-corrected chi connectivity index (χ3v) is 4.24. The van der Waals surface area contributed by atoms with Crippen LogP contribution in [0.15, 0.2) is 34.2 Å². The molecular formula is C15H20N4OS. The lowest BCUT2D eigenvalue weighted by atomic mass is 10.3. The minimum atomic E-state index is -0.0611. The number of anilines is 1. The quantitative estimate of drug-likeness (QED) is 0.891. The highest BCUT2D eigenvalue weighted by molar-refractivity contribution is 7.99. The van der Waals surface area contributed by atoms with Crippen LogP contribution in [-0.2, 0) is 18.4 Å². The Labute approximate surface area is 129 Å². The molecule has 0 unspecified atom stereocenters. The summed E-state index contributed by atoms with van der Waals surface area (Å²) in [7, 11) is 3.89. The van der Waals surface area contributed by atoms with E-state index in [9.17, 15) is 4.79 Å². The van der Waals surface area contributed by atoms with Crippen molar-refractivity contribution in [3.63, 3.8) is 0 Å². The highest BCUT2D eigenvalue weighted by atomic mass is 32.2. The third-order valence-electron chi connectivity index (χ3n) is 3.03. The summed E-state index contributed by atoms with van der Waals surface area (Å²) in [6.45, 7) is 4.33. The Bertz CT molecular complexity index is 634. The average Bonchev–Trinajstić information content (AvgIpc) is 2.68. The first kappa shape index (κ1) is 15.6. The fourth-order valence-corrected chi connectivity index (χ4v) is 3.12. The number of aromatic nitrogens is 2. The van der Waals surface area contributed by atoms with Gasteiger partial charge in [0, 0.05) is 36.7 Å². The molecule has 5 nitrogen and oxygen atoms in total. The van der Waals surface area contributed by atoms with Gasteiger partial charge in [0.15, 0.2) is 0 Å². The van der Waals surface area contributed by atoms with Gasteiger partial charge >= 0.3 is 0 Å². The molecule has 0 atom stereocenters. The van der Waals surface area contributed by atoms with Crippen molar-refractivity contribution in [2.45, 2.75) is 30.3 Å². The van der Waals surface area contributed by atoms with Crippen molar-refractivity contribution in [1.82, 2.24) is 15.1 Å². The first-order chi connectivity index (χ1) is 10.0. The zero-order chi connectivity index (χ0) is 15.4. The van der Waals surface area contributed by atoms with E-state index in [1.807, 2.05) is 50.0 Å². The Morgan fingerprint density at radius 1 is 1.33 bits per heavy atom. The number of carbonyl (C=O) groups excluding carboxylic acids is 1. The van der Waals surface area contributed by atoms with Crippen LogP contribution in [0.5, 0.6) is 0 Å². The van der Waals surface area contributed by atoms with Gasteiger partial charge in [-0.2, -0.15) is 5.10 Å². The molecule has 2 N–H and O–H groups in total. The van der Waals surface area contributed by atoms with Crippen LogP contribution in [0.3, 0.4) is 0 Å². The van der Waals surface area contributed by atoms with Crippen molar-refractivity contribution in [2.75, 3.05) is 12.4 Å². The van der Waals surface area contributed by atoms with Crippen molar-refractivity contribution in [3.05, 3.63) is 35.5 Å². The number of amides is 1. The second-order valence-electron chi connectivity index (χ2n) is 4.83. The van der Waals surface area contributed by atoms with Gasteiger partial charge in [-0.1, -0.05) is 11.8 Å². The summed E-state index contributed by atoms with van der Waals surface area (Å²) in [5.74, 6) is -0.0611. The fraction of sp³-hybridized carbons (Fsp3) is 0.333. The molecule has 6 heteroatoms. The van der Waals surface area contributed by atoms with E-state index in [0.29, 0.717) is 0 Å². The molecule has 1 aromatic carbocycles. The van der Waals surface area contributed by atoms with E-state index in [1.165, 1.54) is 12.5 Å². The molecule has 1 heterocycles. The van der Waals surface area contributed by atoms with E-state index in [1.54, 1.807) is 11.8 Å². The van der Waals surface area contributed by atoms with Crippen molar-refractivity contribution < 1.29 is 4.79 Å². The topological polar surface area (TPSA) is 59.0 Å². The second-order valence-corrected chi connectivity index (χ2v) is 5.89. The van der Waals surface area contributed by atoms with Crippen LogP contribution in [0.1, 0.15) is 18.2 Å². The monoisotopic (exact) mass is 304 g/mol. The van der Waals surface area contributed by atoms with E-state index < -0.39 is 0 Å². The van der Waals surface area contributed by atoms with Crippen LogP contribution in [-0.4, -0.2) is 22.7 Å². The smallest absolute Gasteiger partial charge is 0.221 e. The highest BCUT2D eigenvalue weighted by Crippen LogP contribution is 2.32. The number of hydrogen-bond donors (Lipinski definition) is 2. The Morgan fingerprint density at radius 3 is 2.57 bits per heavy atom. The maximum atomic E-state index is 11.0. The van der Waals surface area contributed by atoms with E-state index in [-0.39, 0.29) is 5.91 Å². The molecule has 0 fully saturated rings. The zero-order valence-corrected chi connectivity index (χ0v) is 13.5. The predicted octanol–water partition coefficient (Wildman–Crippen LogP) is 2.56. The summed E-state index contributed by atoms with van der Waals surface area (Å²) in [5, 5.41) is 11.6. The van der Waals surface area contributed by atoms with E-state index in [0.717, 1.165) is 27.8 Å². The molecule has 1 amide bonds. The molecule has 0 saturated carbocycles. The van der Waals surface area contributed by atoms with E-state index >= 15 is 0 Å². The standard InChI is InChI=1S/C15H20N4OS/c1-10-14(9-16-3)15(19(4)18-10)21-13-7-5-12(6-8-13)17-11(2)20/h5-8,16H,9H2,1-4H3,(H,17,20). The molecule has 0 aliphatic rings. The van der Waals surface area contributed by atoms with Gasteiger partial charge in [0.05, 0.1) is 5.69 Å². The Hall–Kier alpha value is -1.79. The van der Waals surface area contributed by atoms with Crippen molar-refractivity contribution in [1.29, 1.82) is 0 Å². The first-order valence-corrected chi connectivity index (χ1v) is 7.55. The molecule has 2 rings (SSSR count). The third kappa shape index (κ3) is 3.86. The molecule has 1 aromatic heterocycles. The molecular weight excluding hydrogens is 284 g/mol. The molecule has 2 aromatic rings. The minimum Gasteiger partial charge on any atom is -0.326 e. The van der Waals surface area contributed by atoms with Gasteiger partial charge in [-0.05, 0) is 38.2 Å². The summed E-state index contributed by atoms with van der Waals surface area (Å²) in [6.07, 6.45) is 0. The lowest BCUT2D eigenvalue weighted by molar-refractivity contribution is -0.114. The summed E-state index contributed by atoms with van der Waals surface area (Å²) >= 11 is 1.68. The number of nitrogens with one attached hydrogen (secondary N) is 2. The van der Waals surface area contributed by atoms with E-state index in [2.05, 4.69) is 15.7 Å². The Morgan fingerprint density at radius 2 is 2.00 bits per heavy atom. The lowest BCUT2D eigenvalue weighted by Crippen LogP contribution is -2.07. The van der Waals surface area contributed by atoms with Crippen LogP contribution in [0, 0.1) is 6.92 Å². The Balaban J connectivity index is 2.20. The SMILES string of the molecule is CNCc1c(C)nn(C)c1Sc1ccc(NC(C)=O)cc1. The van der Waals surface area contributed by atoms with Crippen molar-refractivity contribution in [3.8, 4) is 0 Å². The summed E-state index contributed by atoms with van der Waals surface area (Å²) in [6, 6.07) is 7.82. The first-order valence-electron chi connectivity index (χ1n) is 6.74. The lowest BCUT2D eigenvalue weighted by Gasteiger charge is -2.07. The van der Waals surface area contributed by atoms with Crippen LogP contribution >= 0.6 is 11.8 Å². The van der Waals surface area contributed by atoms with Gasteiger partial charge in [-0.15, -0.1) is 0 Å². The molecule has 112 valence electrons. The Kier molecular flexibility index (Phi) is 5.03. The van der Waals surface area contributed by atoms with Gasteiger partial charge in [-0.3, -0.25) is 9.48 Å². The van der Waals surface area contributed by atoms with Crippen LogP contribution in [0.2, 0.25) is 0 Å². The van der Waals surface area contributed by atoms with Crippen LogP contribution in [0.4, 0.5) is 5.69 Å². The normalized spacial score (nSPS) is 10.7. The second kappa shape index (κ2) is 6.78. The molecule has 0 saturated heterocycles. The number of benzene rings is 1. The van der Waals surface area contributed by atoms with Gasteiger partial charge in [0.2, 0.25) is 5.91 Å². The van der Waals surface area contributed by atoms with Crippen molar-refractivity contribution in [2.24, 2.45) is 7.05 Å². The number of hydrogen-bond acceptors (Lipinski definition) is 4. The molecule has 0 spiro atoms. The van der Waals surface area contributed by atoms with Gasteiger partial charge in [0.25, 0.3) is 0 Å². The molecule has 0 radical (unpaired) electrons. The maximum absolute atomic E-state index is 11.0. The maximum Gasteiger partial charge on any atom is 0.221 e. The fourth-order valence-electron chi connectivity index (χ4n) is 2.11. The summed E-state index contributed by atoms with van der Waals surface area (Å²) in [4.78, 5) is 12.1. The molecule has 21 heavy (non-hydrogen) atoms. The number of nitrogens with zero attached hydrogens (tertiary/aromatic N) is 2. The summed E-state index contributed by atoms with van der Waals surface area (Å²) < 4.78 is 1.91. The van der Waals surface area contributed by atoms with Crippen LogP contribution < -0.4 is 10.6 Å². The molecule has 0 aliphatic heterocycles. The minimum absolute atomic E-state index is 0.0611. The number of aryl methyl sites for hydroxylation is 2. The van der Waals surface area contributed by atoms with Gasteiger partial charge in [-0.25, -0.2) is 0 Å². The van der Waals surface area contributed by atoms with Gasteiger partial charge in [0.1, 0.15) is 5.03 Å². The van der Waals surface area contributed by atoms with Crippen LogP contribution in [0.25, 0.3) is 0 Å². The predicted molar refractivity (Wildman–Crippen MR) is 85.6 cm³/mol.